The van der Waals surface area contributed by atoms with Crippen LogP contribution < -0.4 is 10.7 Å². The average Bonchev–Trinajstić information content (AvgIpc) is 2.37. The highest BCUT2D eigenvalue weighted by atomic mass is 32.2. The summed E-state index contributed by atoms with van der Waals surface area (Å²) >= 11 is 0. The van der Waals surface area contributed by atoms with Crippen molar-refractivity contribution in [2.45, 2.75) is 4.90 Å². The number of nitrogens with zero attached hydrogens (tertiary/aromatic N) is 1. The van der Waals surface area contributed by atoms with Gasteiger partial charge in [-0.1, -0.05) is 24.3 Å². The van der Waals surface area contributed by atoms with Gasteiger partial charge in [0.05, 0.1) is 15.2 Å². The number of sulfonamides is 1. The second kappa shape index (κ2) is 4.33. The number of hydrogen-bond donors (Lipinski definition) is 2. The predicted molar refractivity (Wildman–Crippen MR) is 65.1 cm³/mol. The van der Waals surface area contributed by atoms with Crippen LogP contribution in [-0.2, 0) is 10.0 Å². The molecule has 0 spiro atoms. The first-order valence-electron chi connectivity index (χ1n) is 4.86. The van der Waals surface area contributed by atoms with Crippen molar-refractivity contribution in [1.82, 2.24) is 4.83 Å². The van der Waals surface area contributed by atoms with Gasteiger partial charge in [-0.05, 0) is 11.5 Å². The molecule has 2 aromatic carbocycles. The summed E-state index contributed by atoms with van der Waals surface area (Å²) < 4.78 is 23.5. The van der Waals surface area contributed by atoms with Crippen molar-refractivity contribution in [3.05, 3.63) is 46.5 Å². The quantitative estimate of drug-likeness (QED) is 0.487. The zero-order valence-corrected chi connectivity index (χ0v) is 9.85. The summed E-state index contributed by atoms with van der Waals surface area (Å²) in [6, 6.07) is 8.70. The third kappa shape index (κ3) is 1.92. The summed E-state index contributed by atoms with van der Waals surface area (Å²) in [5.74, 6) is 4.95. The first kappa shape index (κ1) is 12.4. The van der Waals surface area contributed by atoms with Crippen LogP contribution in [0.1, 0.15) is 0 Å². The summed E-state index contributed by atoms with van der Waals surface area (Å²) in [5, 5.41) is 11.4. The SMILES string of the molecule is NNS(=O)(=O)c1cccc2cccc([N+](=O)[O-])c12. The van der Waals surface area contributed by atoms with Crippen LogP contribution >= 0.6 is 0 Å². The second-order valence-electron chi connectivity index (χ2n) is 3.51. The maximum atomic E-state index is 11.7. The molecule has 8 heteroatoms. The average molecular weight is 267 g/mol. The van der Waals surface area contributed by atoms with Crippen molar-refractivity contribution in [3.8, 4) is 0 Å². The Morgan fingerprint density at radius 2 is 1.78 bits per heavy atom. The minimum absolute atomic E-state index is 0.0444. The molecule has 0 aliphatic rings. The number of nitrogens with one attached hydrogen (secondary N) is 1. The standard InChI is InChI=1S/C10H9N3O4S/c11-12-18(16,17)9-6-2-4-7-3-1-5-8(10(7)9)13(14)15/h1-6,12H,11H2. The number of nitro benzene ring substituents is 1. The molecule has 0 aromatic heterocycles. The van der Waals surface area contributed by atoms with E-state index in [1.807, 2.05) is 0 Å². The molecule has 0 amide bonds. The molecular formula is C10H9N3O4S. The van der Waals surface area contributed by atoms with Gasteiger partial charge in [0.15, 0.2) is 0 Å². The van der Waals surface area contributed by atoms with Gasteiger partial charge in [0, 0.05) is 6.07 Å². The molecule has 18 heavy (non-hydrogen) atoms. The molecule has 0 bridgehead atoms. The van der Waals surface area contributed by atoms with Gasteiger partial charge in [0.1, 0.15) is 0 Å². The molecule has 0 saturated heterocycles. The van der Waals surface area contributed by atoms with E-state index in [4.69, 9.17) is 5.84 Å². The molecule has 2 aromatic rings. The molecule has 0 radical (unpaired) electrons. The Labute approximate surface area is 102 Å². The second-order valence-corrected chi connectivity index (χ2v) is 5.19. The maximum absolute atomic E-state index is 11.7. The first-order chi connectivity index (χ1) is 8.47. The number of nitro groups is 1. The van der Waals surface area contributed by atoms with Crippen LogP contribution in [-0.4, -0.2) is 13.3 Å². The van der Waals surface area contributed by atoms with E-state index in [0.29, 0.717) is 5.39 Å². The number of rotatable bonds is 3. The lowest BCUT2D eigenvalue weighted by Gasteiger charge is -2.06. The molecule has 7 nitrogen and oxygen atoms in total. The van der Waals surface area contributed by atoms with Crippen molar-refractivity contribution in [2.24, 2.45) is 5.84 Å². The van der Waals surface area contributed by atoms with E-state index in [-0.39, 0.29) is 16.0 Å². The molecule has 94 valence electrons. The van der Waals surface area contributed by atoms with Crippen LogP contribution in [0.15, 0.2) is 41.3 Å². The Bertz CT molecular complexity index is 722. The van der Waals surface area contributed by atoms with Gasteiger partial charge < -0.3 is 0 Å². The Hall–Kier alpha value is -2.03. The minimum atomic E-state index is -3.96. The lowest BCUT2D eigenvalue weighted by Crippen LogP contribution is -2.30. The number of hydrazine groups is 1. The predicted octanol–water partition coefficient (Wildman–Crippen LogP) is 0.900. The fraction of sp³-hybridized carbons (Fsp3) is 0. The van der Waals surface area contributed by atoms with Gasteiger partial charge >= 0.3 is 0 Å². The highest BCUT2D eigenvalue weighted by Gasteiger charge is 2.22. The Balaban J connectivity index is 2.96. The maximum Gasteiger partial charge on any atom is 0.278 e. The topological polar surface area (TPSA) is 115 Å². The van der Waals surface area contributed by atoms with Gasteiger partial charge in [0.25, 0.3) is 15.7 Å². The smallest absolute Gasteiger partial charge is 0.258 e. The molecule has 0 fully saturated rings. The molecule has 0 heterocycles. The largest absolute Gasteiger partial charge is 0.278 e. The van der Waals surface area contributed by atoms with E-state index < -0.39 is 14.9 Å². The van der Waals surface area contributed by atoms with Crippen molar-refractivity contribution in [2.75, 3.05) is 0 Å². The van der Waals surface area contributed by atoms with E-state index in [1.165, 1.54) is 24.3 Å². The minimum Gasteiger partial charge on any atom is -0.258 e. The zero-order valence-electron chi connectivity index (χ0n) is 9.03. The molecular weight excluding hydrogens is 258 g/mol. The number of hydrogen-bond acceptors (Lipinski definition) is 5. The van der Waals surface area contributed by atoms with E-state index in [9.17, 15) is 18.5 Å². The normalized spacial score (nSPS) is 11.6. The molecule has 0 aliphatic heterocycles. The highest BCUT2D eigenvalue weighted by molar-refractivity contribution is 7.89. The highest BCUT2D eigenvalue weighted by Crippen LogP contribution is 2.30. The van der Waals surface area contributed by atoms with Crippen molar-refractivity contribution < 1.29 is 13.3 Å². The van der Waals surface area contributed by atoms with Crippen LogP contribution in [0.2, 0.25) is 0 Å². The van der Waals surface area contributed by atoms with Crippen LogP contribution in [0.3, 0.4) is 0 Å². The van der Waals surface area contributed by atoms with E-state index in [0.717, 1.165) is 0 Å². The number of nitrogens with two attached hydrogens (primary N) is 1. The van der Waals surface area contributed by atoms with Crippen molar-refractivity contribution in [3.63, 3.8) is 0 Å². The zero-order chi connectivity index (χ0) is 13.3. The van der Waals surface area contributed by atoms with Crippen LogP contribution in [0.4, 0.5) is 5.69 Å². The number of fused-ring (bicyclic) bond motifs is 1. The Morgan fingerprint density at radius 3 is 2.33 bits per heavy atom. The van der Waals surface area contributed by atoms with E-state index in [2.05, 4.69) is 0 Å². The summed E-state index contributed by atoms with van der Waals surface area (Å²) in [5.41, 5.74) is -0.276. The van der Waals surface area contributed by atoms with Gasteiger partial charge in [-0.3, -0.25) is 16.0 Å². The third-order valence-electron chi connectivity index (χ3n) is 2.49. The summed E-state index contributed by atoms with van der Waals surface area (Å²) in [6.07, 6.45) is 0. The monoisotopic (exact) mass is 267 g/mol. The van der Waals surface area contributed by atoms with Gasteiger partial charge in [0.2, 0.25) is 0 Å². The van der Waals surface area contributed by atoms with Gasteiger partial charge in [-0.2, -0.15) is 4.83 Å². The number of benzene rings is 2. The summed E-state index contributed by atoms with van der Waals surface area (Å²) in [4.78, 5) is 11.8. The Kier molecular flexibility index (Phi) is 2.99. The van der Waals surface area contributed by atoms with Crippen molar-refractivity contribution >= 4 is 26.5 Å². The van der Waals surface area contributed by atoms with Crippen molar-refractivity contribution in [1.29, 1.82) is 0 Å². The molecule has 0 unspecified atom stereocenters. The first-order valence-corrected chi connectivity index (χ1v) is 6.34. The molecule has 0 saturated carbocycles. The molecule has 0 atom stereocenters. The lowest BCUT2D eigenvalue weighted by atomic mass is 10.1. The molecule has 3 N–H and O–H groups in total. The summed E-state index contributed by atoms with van der Waals surface area (Å²) in [6.45, 7) is 0. The van der Waals surface area contributed by atoms with E-state index in [1.54, 1.807) is 17.0 Å². The lowest BCUT2D eigenvalue weighted by molar-refractivity contribution is -0.383. The van der Waals surface area contributed by atoms with Gasteiger partial charge in [-0.15, -0.1) is 0 Å². The van der Waals surface area contributed by atoms with Gasteiger partial charge in [-0.25, -0.2) is 8.42 Å². The fourth-order valence-corrected chi connectivity index (χ4v) is 2.60. The summed E-state index contributed by atoms with van der Waals surface area (Å²) in [7, 11) is -3.96. The molecule has 0 aliphatic carbocycles. The fourth-order valence-electron chi connectivity index (χ4n) is 1.73. The number of non-ortho nitro benzene ring substituents is 1. The third-order valence-corrected chi connectivity index (χ3v) is 3.72. The molecule has 2 rings (SSSR count). The van der Waals surface area contributed by atoms with Crippen LogP contribution in [0, 0.1) is 10.1 Å². The van der Waals surface area contributed by atoms with Crippen LogP contribution in [0.5, 0.6) is 0 Å². The Morgan fingerprint density at radius 1 is 1.17 bits per heavy atom. The van der Waals surface area contributed by atoms with E-state index >= 15 is 0 Å². The van der Waals surface area contributed by atoms with Crippen LogP contribution in [0.25, 0.3) is 10.8 Å².